The number of hydrogen-bond donors (Lipinski definition) is 0. The SMILES string of the molecule is FCCCCN1CCOC2c3ccccc3CCC21. The van der Waals surface area contributed by atoms with Gasteiger partial charge in [0.05, 0.1) is 19.4 Å². The number of alkyl halides is 1. The summed E-state index contributed by atoms with van der Waals surface area (Å²) in [5.41, 5.74) is 2.81. The van der Waals surface area contributed by atoms with E-state index in [2.05, 4.69) is 29.2 Å². The van der Waals surface area contributed by atoms with Crippen molar-refractivity contribution in [1.82, 2.24) is 4.90 Å². The number of fused-ring (bicyclic) bond motifs is 3. The molecule has 1 fully saturated rings. The lowest BCUT2D eigenvalue weighted by molar-refractivity contribution is -0.0806. The van der Waals surface area contributed by atoms with Gasteiger partial charge in [0, 0.05) is 12.6 Å². The molecule has 0 saturated carbocycles. The fraction of sp³-hybridized carbons (Fsp3) is 0.625. The van der Waals surface area contributed by atoms with Gasteiger partial charge in [0.1, 0.15) is 0 Å². The summed E-state index contributed by atoms with van der Waals surface area (Å²) in [7, 11) is 0. The molecule has 3 heteroatoms. The van der Waals surface area contributed by atoms with E-state index in [0.29, 0.717) is 12.5 Å². The van der Waals surface area contributed by atoms with Crippen molar-refractivity contribution in [1.29, 1.82) is 0 Å². The Morgan fingerprint density at radius 2 is 2.16 bits per heavy atom. The molecule has 0 spiro atoms. The first kappa shape index (κ1) is 13.1. The Morgan fingerprint density at radius 3 is 3.05 bits per heavy atom. The topological polar surface area (TPSA) is 12.5 Å². The monoisotopic (exact) mass is 263 g/mol. The number of morpholine rings is 1. The van der Waals surface area contributed by atoms with Crippen LogP contribution in [-0.2, 0) is 11.2 Å². The lowest BCUT2D eigenvalue weighted by Gasteiger charge is -2.44. The number of aryl methyl sites for hydroxylation is 1. The molecular weight excluding hydrogens is 241 g/mol. The van der Waals surface area contributed by atoms with Gasteiger partial charge in [-0.25, -0.2) is 0 Å². The minimum absolute atomic E-state index is 0.193. The van der Waals surface area contributed by atoms with Crippen LogP contribution in [0, 0.1) is 0 Å². The Labute approximate surface area is 114 Å². The molecule has 2 nitrogen and oxygen atoms in total. The predicted molar refractivity (Wildman–Crippen MR) is 74.0 cm³/mol. The van der Waals surface area contributed by atoms with Crippen LogP contribution in [-0.4, -0.2) is 37.3 Å². The normalized spacial score (nSPS) is 26.8. The Hall–Kier alpha value is -0.930. The average Bonchev–Trinajstić information content (AvgIpc) is 2.47. The van der Waals surface area contributed by atoms with Gasteiger partial charge in [0.25, 0.3) is 0 Å². The smallest absolute Gasteiger partial charge is 0.0983 e. The number of halogens is 1. The van der Waals surface area contributed by atoms with Crippen molar-refractivity contribution in [2.24, 2.45) is 0 Å². The fourth-order valence-corrected chi connectivity index (χ4v) is 3.43. The van der Waals surface area contributed by atoms with Gasteiger partial charge in [0.2, 0.25) is 0 Å². The molecule has 2 unspecified atom stereocenters. The fourth-order valence-electron chi connectivity index (χ4n) is 3.43. The van der Waals surface area contributed by atoms with E-state index in [1.165, 1.54) is 11.1 Å². The van der Waals surface area contributed by atoms with E-state index in [4.69, 9.17) is 4.74 Å². The first-order valence-corrected chi connectivity index (χ1v) is 7.39. The Kier molecular flexibility index (Phi) is 4.14. The molecule has 2 atom stereocenters. The van der Waals surface area contributed by atoms with E-state index in [-0.39, 0.29) is 12.8 Å². The standard InChI is InChI=1S/C16H22FNO/c17-9-3-4-10-18-11-12-19-16-14-6-2-1-5-13(14)7-8-15(16)18/h1-2,5-6,15-16H,3-4,7-12H2. The summed E-state index contributed by atoms with van der Waals surface area (Å²) >= 11 is 0. The quantitative estimate of drug-likeness (QED) is 0.774. The zero-order chi connectivity index (χ0) is 13.1. The van der Waals surface area contributed by atoms with Crippen molar-refractivity contribution >= 4 is 0 Å². The van der Waals surface area contributed by atoms with Gasteiger partial charge in [-0.05, 0) is 43.4 Å². The molecule has 0 bridgehead atoms. The van der Waals surface area contributed by atoms with Gasteiger partial charge < -0.3 is 4.74 Å². The van der Waals surface area contributed by atoms with Crippen LogP contribution < -0.4 is 0 Å². The van der Waals surface area contributed by atoms with Crippen molar-refractivity contribution in [2.75, 3.05) is 26.4 Å². The summed E-state index contributed by atoms with van der Waals surface area (Å²) in [6, 6.07) is 9.13. The number of rotatable bonds is 4. The molecule has 0 radical (unpaired) electrons. The molecule has 1 heterocycles. The molecule has 1 aliphatic heterocycles. The van der Waals surface area contributed by atoms with Crippen LogP contribution >= 0.6 is 0 Å². The number of ether oxygens (including phenoxy) is 1. The van der Waals surface area contributed by atoms with Gasteiger partial charge in [-0.15, -0.1) is 0 Å². The Balaban J connectivity index is 1.73. The van der Waals surface area contributed by atoms with E-state index in [1.807, 2.05) is 0 Å². The molecule has 0 amide bonds. The van der Waals surface area contributed by atoms with Gasteiger partial charge >= 0.3 is 0 Å². The molecule has 19 heavy (non-hydrogen) atoms. The van der Waals surface area contributed by atoms with Gasteiger partial charge in [-0.1, -0.05) is 24.3 Å². The van der Waals surface area contributed by atoms with Crippen molar-refractivity contribution in [3.63, 3.8) is 0 Å². The van der Waals surface area contributed by atoms with Crippen molar-refractivity contribution in [3.8, 4) is 0 Å². The highest BCUT2D eigenvalue weighted by molar-refractivity contribution is 5.33. The van der Waals surface area contributed by atoms with Crippen LogP contribution in [0.3, 0.4) is 0 Å². The van der Waals surface area contributed by atoms with Crippen molar-refractivity contribution in [2.45, 2.75) is 37.8 Å². The summed E-state index contributed by atoms with van der Waals surface area (Å²) < 4.78 is 18.3. The highest BCUT2D eigenvalue weighted by Crippen LogP contribution is 2.37. The molecule has 1 saturated heterocycles. The van der Waals surface area contributed by atoms with E-state index in [9.17, 15) is 4.39 Å². The number of nitrogens with zero attached hydrogens (tertiary/aromatic N) is 1. The number of benzene rings is 1. The lowest BCUT2D eigenvalue weighted by atomic mass is 9.84. The zero-order valence-corrected chi connectivity index (χ0v) is 11.4. The number of unbranched alkanes of at least 4 members (excludes halogenated alkanes) is 1. The predicted octanol–water partition coefficient (Wildman–Crippen LogP) is 3.12. The minimum Gasteiger partial charge on any atom is -0.371 e. The highest BCUT2D eigenvalue weighted by Gasteiger charge is 2.36. The van der Waals surface area contributed by atoms with E-state index >= 15 is 0 Å². The van der Waals surface area contributed by atoms with Gasteiger partial charge in [0.15, 0.2) is 0 Å². The molecule has 1 aromatic rings. The van der Waals surface area contributed by atoms with Crippen LogP contribution in [0.15, 0.2) is 24.3 Å². The summed E-state index contributed by atoms with van der Waals surface area (Å²) in [5.74, 6) is 0. The third-order valence-corrected chi connectivity index (χ3v) is 4.39. The lowest BCUT2D eigenvalue weighted by Crippen LogP contribution is -2.49. The maximum Gasteiger partial charge on any atom is 0.0983 e. The third-order valence-electron chi connectivity index (χ3n) is 4.39. The number of hydrogen-bond acceptors (Lipinski definition) is 2. The second-order valence-electron chi connectivity index (χ2n) is 5.53. The van der Waals surface area contributed by atoms with Gasteiger partial charge in [-0.3, -0.25) is 9.29 Å². The molecule has 104 valence electrons. The van der Waals surface area contributed by atoms with E-state index in [0.717, 1.165) is 39.0 Å². The van der Waals surface area contributed by atoms with Crippen LogP contribution in [0.1, 0.15) is 36.5 Å². The molecule has 1 aromatic carbocycles. The molecule has 0 N–H and O–H groups in total. The maximum absolute atomic E-state index is 12.2. The van der Waals surface area contributed by atoms with Crippen LogP contribution in [0.2, 0.25) is 0 Å². The van der Waals surface area contributed by atoms with Crippen molar-refractivity contribution in [3.05, 3.63) is 35.4 Å². The minimum atomic E-state index is -0.193. The van der Waals surface area contributed by atoms with E-state index < -0.39 is 0 Å². The first-order chi connectivity index (χ1) is 9.40. The first-order valence-electron chi connectivity index (χ1n) is 7.39. The second-order valence-corrected chi connectivity index (χ2v) is 5.53. The van der Waals surface area contributed by atoms with Crippen molar-refractivity contribution < 1.29 is 9.13 Å². The molecule has 0 aromatic heterocycles. The Bertz CT molecular complexity index is 423. The van der Waals surface area contributed by atoms with Gasteiger partial charge in [-0.2, -0.15) is 0 Å². The largest absolute Gasteiger partial charge is 0.371 e. The maximum atomic E-state index is 12.2. The van der Waals surface area contributed by atoms with Crippen LogP contribution in [0.4, 0.5) is 4.39 Å². The summed E-state index contributed by atoms with van der Waals surface area (Å²) in [6.45, 7) is 2.61. The average molecular weight is 263 g/mol. The van der Waals surface area contributed by atoms with E-state index in [1.54, 1.807) is 0 Å². The molecule has 1 aliphatic carbocycles. The second kappa shape index (κ2) is 6.02. The molecule has 2 aliphatic rings. The zero-order valence-electron chi connectivity index (χ0n) is 11.4. The molecule has 3 rings (SSSR count). The highest BCUT2D eigenvalue weighted by atomic mass is 19.1. The third kappa shape index (κ3) is 2.67. The summed E-state index contributed by atoms with van der Waals surface area (Å²) in [5, 5.41) is 0. The van der Waals surface area contributed by atoms with Crippen LogP contribution in [0.5, 0.6) is 0 Å². The summed E-state index contributed by atoms with van der Waals surface area (Å²) in [6.07, 6.45) is 4.17. The van der Waals surface area contributed by atoms with Crippen LogP contribution in [0.25, 0.3) is 0 Å². The summed E-state index contributed by atoms with van der Waals surface area (Å²) in [4.78, 5) is 2.51. The Morgan fingerprint density at radius 1 is 1.26 bits per heavy atom. The molecular formula is C16H22FNO.